The van der Waals surface area contributed by atoms with Gasteiger partial charge in [-0.15, -0.1) is 0 Å². The van der Waals surface area contributed by atoms with Crippen molar-refractivity contribution in [1.29, 1.82) is 0 Å². The molecule has 0 bridgehead atoms. The Morgan fingerprint density at radius 3 is 3.00 bits per heavy atom. The number of nitrogens with one attached hydrogen (secondary N) is 1. The van der Waals surface area contributed by atoms with Crippen LogP contribution in [-0.4, -0.2) is 21.3 Å². The minimum atomic E-state index is -0.0697. The number of pyridine rings is 1. The van der Waals surface area contributed by atoms with E-state index in [0.29, 0.717) is 16.8 Å². The molecule has 0 radical (unpaired) electrons. The molecule has 1 aliphatic rings. The van der Waals surface area contributed by atoms with Gasteiger partial charge in [0.15, 0.2) is 0 Å². The fraction of sp³-hybridized carbons (Fsp3) is 0.333. The molecule has 1 aliphatic carbocycles. The van der Waals surface area contributed by atoms with Gasteiger partial charge in [0.05, 0.1) is 10.7 Å². The number of hydrogen-bond donors (Lipinski definition) is 1. The molecule has 1 N–H and O–H groups in total. The Kier molecular flexibility index (Phi) is 2.33. The number of carbonyl (C=O) groups is 1. The quantitative estimate of drug-likeness (QED) is 0.887. The molecule has 3 rings (SSSR count). The monoisotopic (exact) mass is 249 g/mol. The molecule has 0 aliphatic heterocycles. The van der Waals surface area contributed by atoms with E-state index < -0.39 is 0 Å². The summed E-state index contributed by atoms with van der Waals surface area (Å²) >= 11 is 5.94. The Morgan fingerprint density at radius 1 is 1.53 bits per heavy atom. The molecule has 0 atom stereocenters. The van der Waals surface area contributed by atoms with Gasteiger partial charge in [0.25, 0.3) is 5.91 Å². The maximum absolute atomic E-state index is 12.1. The molecule has 5 heteroatoms. The normalized spacial score (nSPS) is 15.2. The Hall–Kier alpha value is -1.55. The molecule has 2 aromatic rings. The summed E-state index contributed by atoms with van der Waals surface area (Å²) in [5.41, 5.74) is 2.05. The van der Waals surface area contributed by atoms with E-state index >= 15 is 0 Å². The Morgan fingerprint density at radius 2 is 2.29 bits per heavy atom. The van der Waals surface area contributed by atoms with Crippen LogP contribution in [-0.2, 0) is 0 Å². The maximum Gasteiger partial charge on any atom is 0.270 e. The van der Waals surface area contributed by atoms with E-state index in [9.17, 15) is 4.79 Å². The lowest BCUT2D eigenvalue weighted by Crippen LogP contribution is -2.27. The summed E-state index contributed by atoms with van der Waals surface area (Å²) in [7, 11) is 0. The zero-order valence-electron chi connectivity index (χ0n) is 9.40. The highest BCUT2D eigenvalue weighted by molar-refractivity contribution is 6.30. The number of carbonyl (C=O) groups excluding carboxylic acids is 1. The molecule has 2 heterocycles. The fourth-order valence-electron chi connectivity index (χ4n) is 1.89. The zero-order chi connectivity index (χ0) is 12.0. The number of rotatable bonds is 2. The molecule has 0 saturated heterocycles. The lowest BCUT2D eigenvalue weighted by molar-refractivity contribution is 0.0944. The summed E-state index contributed by atoms with van der Waals surface area (Å²) < 4.78 is 1.75. The minimum Gasteiger partial charge on any atom is -0.348 e. The van der Waals surface area contributed by atoms with Crippen molar-refractivity contribution in [3.8, 4) is 0 Å². The molecule has 1 amide bonds. The summed E-state index contributed by atoms with van der Waals surface area (Å²) in [6.07, 6.45) is 3.86. The van der Waals surface area contributed by atoms with E-state index in [0.717, 1.165) is 24.2 Å². The van der Waals surface area contributed by atoms with Crippen molar-refractivity contribution in [3.63, 3.8) is 0 Å². The van der Waals surface area contributed by atoms with Crippen LogP contribution in [0.5, 0.6) is 0 Å². The number of aromatic nitrogens is 2. The predicted octanol–water partition coefficient (Wildman–Crippen LogP) is 2.19. The first-order chi connectivity index (χ1) is 8.15. The third-order valence-electron chi connectivity index (χ3n) is 2.88. The Bertz CT molecular complexity index is 601. The molecule has 1 fully saturated rings. The third kappa shape index (κ3) is 1.89. The first-order valence-corrected chi connectivity index (χ1v) is 5.98. The van der Waals surface area contributed by atoms with Crippen LogP contribution in [0.4, 0.5) is 0 Å². The van der Waals surface area contributed by atoms with Crippen molar-refractivity contribution in [1.82, 2.24) is 14.7 Å². The van der Waals surface area contributed by atoms with E-state index in [1.807, 2.05) is 13.0 Å². The summed E-state index contributed by atoms with van der Waals surface area (Å²) in [5.74, 6) is -0.0697. The van der Waals surface area contributed by atoms with Crippen LogP contribution in [0.2, 0.25) is 5.02 Å². The molecule has 17 heavy (non-hydrogen) atoms. The van der Waals surface area contributed by atoms with Crippen molar-refractivity contribution >= 4 is 23.2 Å². The van der Waals surface area contributed by atoms with Gasteiger partial charge in [-0.05, 0) is 31.9 Å². The van der Waals surface area contributed by atoms with Crippen LogP contribution in [0, 0.1) is 6.92 Å². The number of aryl methyl sites for hydroxylation is 1. The fourth-order valence-corrected chi connectivity index (χ4v) is 2.05. The van der Waals surface area contributed by atoms with Gasteiger partial charge in [0, 0.05) is 12.2 Å². The molecule has 0 aromatic carbocycles. The first-order valence-electron chi connectivity index (χ1n) is 5.60. The van der Waals surface area contributed by atoms with E-state index in [1.165, 1.54) is 0 Å². The highest BCUT2D eigenvalue weighted by atomic mass is 35.5. The van der Waals surface area contributed by atoms with Gasteiger partial charge in [0.2, 0.25) is 0 Å². The molecule has 88 valence electrons. The highest BCUT2D eigenvalue weighted by Gasteiger charge is 2.26. The number of hydrogen-bond acceptors (Lipinski definition) is 2. The van der Waals surface area contributed by atoms with Gasteiger partial charge in [0.1, 0.15) is 11.3 Å². The van der Waals surface area contributed by atoms with E-state index in [4.69, 9.17) is 11.6 Å². The molecule has 0 unspecified atom stereocenters. The SMILES string of the molecule is Cc1nc2ccc(Cl)cn2c1C(=O)NC1CC1. The minimum absolute atomic E-state index is 0.0697. The van der Waals surface area contributed by atoms with Gasteiger partial charge in [-0.25, -0.2) is 4.98 Å². The lowest BCUT2D eigenvalue weighted by Gasteiger charge is -2.04. The van der Waals surface area contributed by atoms with Gasteiger partial charge < -0.3 is 5.32 Å². The molecular formula is C12H12ClN3O. The van der Waals surface area contributed by atoms with Crippen LogP contribution < -0.4 is 5.32 Å². The summed E-state index contributed by atoms with van der Waals surface area (Å²) in [5, 5.41) is 3.56. The van der Waals surface area contributed by atoms with Crippen LogP contribution >= 0.6 is 11.6 Å². The average molecular weight is 250 g/mol. The highest BCUT2D eigenvalue weighted by Crippen LogP contribution is 2.21. The van der Waals surface area contributed by atoms with Crippen LogP contribution in [0.3, 0.4) is 0 Å². The topological polar surface area (TPSA) is 46.4 Å². The van der Waals surface area contributed by atoms with Gasteiger partial charge >= 0.3 is 0 Å². The smallest absolute Gasteiger partial charge is 0.270 e. The van der Waals surface area contributed by atoms with Gasteiger partial charge in [-0.1, -0.05) is 11.6 Å². The Labute approximate surface area is 104 Å². The Balaban J connectivity index is 2.09. The average Bonchev–Trinajstić information content (AvgIpc) is 3.00. The standard InChI is InChI=1S/C12H12ClN3O/c1-7-11(12(17)15-9-3-4-9)16-6-8(13)2-5-10(16)14-7/h2,5-6,9H,3-4H2,1H3,(H,15,17). The van der Waals surface area contributed by atoms with Crippen LogP contribution in [0.25, 0.3) is 5.65 Å². The van der Waals surface area contributed by atoms with Crippen LogP contribution in [0.1, 0.15) is 29.0 Å². The van der Waals surface area contributed by atoms with Crippen molar-refractivity contribution in [2.45, 2.75) is 25.8 Å². The summed E-state index contributed by atoms with van der Waals surface area (Å²) in [6, 6.07) is 3.92. The predicted molar refractivity (Wildman–Crippen MR) is 65.4 cm³/mol. The van der Waals surface area contributed by atoms with Crippen molar-refractivity contribution in [2.75, 3.05) is 0 Å². The molecule has 2 aromatic heterocycles. The lowest BCUT2D eigenvalue weighted by atomic mass is 10.3. The third-order valence-corrected chi connectivity index (χ3v) is 3.11. The largest absolute Gasteiger partial charge is 0.348 e. The number of halogens is 1. The van der Waals surface area contributed by atoms with Crippen LogP contribution in [0.15, 0.2) is 18.3 Å². The number of nitrogens with zero attached hydrogens (tertiary/aromatic N) is 2. The molecule has 0 spiro atoms. The van der Waals surface area contributed by atoms with E-state index in [-0.39, 0.29) is 5.91 Å². The maximum atomic E-state index is 12.1. The van der Waals surface area contributed by atoms with Crippen molar-refractivity contribution in [3.05, 3.63) is 34.7 Å². The van der Waals surface area contributed by atoms with Gasteiger partial charge in [-0.3, -0.25) is 9.20 Å². The zero-order valence-corrected chi connectivity index (χ0v) is 10.2. The number of amides is 1. The number of fused-ring (bicyclic) bond motifs is 1. The first kappa shape index (κ1) is 10.6. The number of imidazole rings is 1. The second-order valence-corrected chi connectivity index (χ2v) is 4.81. The summed E-state index contributed by atoms with van der Waals surface area (Å²) in [6.45, 7) is 1.84. The van der Waals surface area contributed by atoms with Crippen molar-refractivity contribution in [2.24, 2.45) is 0 Å². The molecule has 4 nitrogen and oxygen atoms in total. The second kappa shape index (κ2) is 3.74. The van der Waals surface area contributed by atoms with Gasteiger partial charge in [-0.2, -0.15) is 0 Å². The van der Waals surface area contributed by atoms with E-state index in [1.54, 1.807) is 16.7 Å². The summed E-state index contributed by atoms with van der Waals surface area (Å²) in [4.78, 5) is 16.4. The molecular weight excluding hydrogens is 238 g/mol. The molecule has 1 saturated carbocycles. The second-order valence-electron chi connectivity index (χ2n) is 4.37. The van der Waals surface area contributed by atoms with Crippen molar-refractivity contribution < 1.29 is 4.79 Å². The van der Waals surface area contributed by atoms with E-state index in [2.05, 4.69) is 10.3 Å².